The molecule has 3 aromatic carbocycles. The standard InChI is InChI=1S/C30H27N3O5/c1-19-27-24(32-33-29(34)23-11-6-7-13-25(23)36-2)12-8-14-26(27)38-28(19)30(35)31-20-15-17-22(18-16-20)37-21-9-4-3-5-10-21/h3-7,9-11,13,15-18H,8,12,14H2,1-2H3,(H,31,35)(H,33,34)/b32-24+. The number of benzene rings is 3. The summed E-state index contributed by atoms with van der Waals surface area (Å²) in [7, 11) is 1.51. The van der Waals surface area contributed by atoms with Gasteiger partial charge in [0.05, 0.1) is 18.4 Å². The second-order valence-electron chi connectivity index (χ2n) is 8.80. The van der Waals surface area contributed by atoms with Crippen LogP contribution in [0.1, 0.15) is 50.6 Å². The average molecular weight is 510 g/mol. The zero-order chi connectivity index (χ0) is 26.5. The summed E-state index contributed by atoms with van der Waals surface area (Å²) < 4.78 is 17.1. The Labute approximate surface area is 220 Å². The first-order valence-corrected chi connectivity index (χ1v) is 12.3. The van der Waals surface area contributed by atoms with Gasteiger partial charge in [0.2, 0.25) is 0 Å². The van der Waals surface area contributed by atoms with E-state index in [2.05, 4.69) is 15.8 Å². The fraction of sp³-hybridized carbons (Fsp3) is 0.167. The Balaban J connectivity index is 1.30. The van der Waals surface area contributed by atoms with Crippen molar-refractivity contribution in [1.29, 1.82) is 0 Å². The highest BCUT2D eigenvalue weighted by Gasteiger charge is 2.28. The molecule has 0 saturated carbocycles. The van der Waals surface area contributed by atoms with E-state index >= 15 is 0 Å². The zero-order valence-electron chi connectivity index (χ0n) is 21.1. The van der Waals surface area contributed by atoms with Gasteiger partial charge in [-0.25, -0.2) is 5.43 Å². The maximum Gasteiger partial charge on any atom is 0.291 e. The lowest BCUT2D eigenvalue weighted by atomic mass is 9.93. The molecule has 8 nitrogen and oxygen atoms in total. The van der Waals surface area contributed by atoms with Crippen LogP contribution in [-0.4, -0.2) is 24.6 Å². The minimum atomic E-state index is -0.374. The molecule has 0 atom stereocenters. The fourth-order valence-corrected chi connectivity index (χ4v) is 4.43. The van der Waals surface area contributed by atoms with E-state index in [0.717, 1.165) is 17.7 Å². The van der Waals surface area contributed by atoms with E-state index in [9.17, 15) is 9.59 Å². The number of amides is 2. The number of carbonyl (C=O) groups is 2. The van der Waals surface area contributed by atoms with E-state index in [4.69, 9.17) is 13.9 Å². The smallest absolute Gasteiger partial charge is 0.291 e. The molecule has 1 heterocycles. The molecule has 0 aliphatic heterocycles. The number of hydrogen-bond acceptors (Lipinski definition) is 6. The number of hydrogen-bond donors (Lipinski definition) is 2. The number of anilines is 1. The van der Waals surface area contributed by atoms with Crippen LogP contribution in [0.3, 0.4) is 0 Å². The van der Waals surface area contributed by atoms with E-state index in [1.807, 2.05) is 37.3 Å². The van der Waals surface area contributed by atoms with Crippen molar-refractivity contribution in [3.63, 3.8) is 0 Å². The van der Waals surface area contributed by atoms with E-state index in [0.29, 0.717) is 52.6 Å². The van der Waals surface area contributed by atoms with Gasteiger partial charge in [-0.1, -0.05) is 30.3 Å². The number of rotatable bonds is 7. The molecule has 5 rings (SSSR count). The van der Waals surface area contributed by atoms with Crippen molar-refractivity contribution in [2.24, 2.45) is 5.10 Å². The molecule has 8 heteroatoms. The predicted octanol–water partition coefficient (Wildman–Crippen LogP) is 6.11. The third-order valence-electron chi connectivity index (χ3n) is 6.27. The number of nitrogens with zero attached hydrogens (tertiary/aromatic N) is 1. The Kier molecular flexibility index (Phi) is 7.21. The van der Waals surface area contributed by atoms with Gasteiger partial charge in [0.1, 0.15) is 23.0 Å². The van der Waals surface area contributed by atoms with Crippen LogP contribution in [0.4, 0.5) is 5.69 Å². The van der Waals surface area contributed by atoms with Gasteiger partial charge < -0.3 is 19.2 Å². The average Bonchev–Trinajstić information content (AvgIpc) is 3.30. The number of ether oxygens (including phenoxy) is 2. The van der Waals surface area contributed by atoms with Gasteiger partial charge in [-0.05, 0) is 68.3 Å². The monoisotopic (exact) mass is 509 g/mol. The first-order valence-electron chi connectivity index (χ1n) is 12.3. The number of furan rings is 1. The molecule has 0 saturated heterocycles. The Hall–Kier alpha value is -4.85. The van der Waals surface area contributed by atoms with Crippen LogP contribution in [0.25, 0.3) is 0 Å². The topological polar surface area (TPSA) is 102 Å². The highest BCUT2D eigenvalue weighted by atomic mass is 16.5. The molecule has 0 spiro atoms. The molecule has 1 aliphatic carbocycles. The maximum absolute atomic E-state index is 13.1. The van der Waals surface area contributed by atoms with Crippen molar-refractivity contribution in [2.45, 2.75) is 26.2 Å². The van der Waals surface area contributed by atoms with E-state index < -0.39 is 0 Å². The normalized spacial score (nSPS) is 13.5. The number of nitrogens with one attached hydrogen (secondary N) is 2. The molecule has 192 valence electrons. The molecule has 38 heavy (non-hydrogen) atoms. The van der Waals surface area contributed by atoms with E-state index in [1.54, 1.807) is 48.5 Å². The van der Waals surface area contributed by atoms with Crippen LogP contribution in [0.5, 0.6) is 17.2 Å². The summed E-state index contributed by atoms with van der Waals surface area (Å²) in [6.45, 7) is 1.83. The van der Waals surface area contributed by atoms with Crippen LogP contribution >= 0.6 is 0 Å². The third-order valence-corrected chi connectivity index (χ3v) is 6.27. The van der Waals surface area contributed by atoms with Gasteiger partial charge in [0, 0.05) is 23.2 Å². The zero-order valence-corrected chi connectivity index (χ0v) is 21.1. The minimum absolute atomic E-state index is 0.227. The molecule has 0 radical (unpaired) electrons. The van der Waals surface area contributed by atoms with Crippen LogP contribution in [-0.2, 0) is 6.42 Å². The van der Waals surface area contributed by atoms with Gasteiger partial charge in [-0.15, -0.1) is 0 Å². The molecule has 0 unspecified atom stereocenters. The lowest BCUT2D eigenvalue weighted by Crippen LogP contribution is -2.22. The van der Waals surface area contributed by atoms with Crippen molar-refractivity contribution in [3.05, 3.63) is 107 Å². The molecule has 2 amide bonds. The van der Waals surface area contributed by atoms with Crippen molar-refractivity contribution in [3.8, 4) is 17.2 Å². The SMILES string of the molecule is COc1ccccc1C(=O)N/N=C1\CCCc2oc(C(=O)Nc3ccc(Oc4ccccc4)cc3)c(C)c21. The first-order chi connectivity index (χ1) is 18.5. The lowest BCUT2D eigenvalue weighted by molar-refractivity contribution is 0.0950. The molecule has 0 fully saturated rings. The Morgan fingerprint density at radius 3 is 2.34 bits per heavy atom. The first kappa shape index (κ1) is 24.8. The number of para-hydroxylation sites is 2. The predicted molar refractivity (Wildman–Crippen MR) is 144 cm³/mol. The van der Waals surface area contributed by atoms with Gasteiger partial charge in [-0.3, -0.25) is 9.59 Å². The summed E-state index contributed by atoms with van der Waals surface area (Å²) in [4.78, 5) is 25.8. The largest absolute Gasteiger partial charge is 0.496 e. The fourth-order valence-electron chi connectivity index (χ4n) is 4.43. The summed E-state index contributed by atoms with van der Waals surface area (Å²) in [5, 5.41) is 7.28. The Morgan fingerprint density at radius 2 is 1.58 bits per heavy atom. The number of methoxy groups -OCH3 is 1. The summed E-state index contributed by atoms with van der Waals surface area (Å²) in [6, 6.07) is 23.5. The van der Waals surface area contributed by atoms with Gasteiger partial charge in [0.25, 0.3) is 11.8 Å². The highest BCUT2D eigenvalue weighted by Crippen LogP contribution is 2.31. The maximum atomic E-state index is 13.1. The van der Waals surface area contributed by atoms with Crippen molar-refractivity contribution in [2.75, 3.05) is 12.4 Å². The summed E-state index contributed by atoms with van der Waals surface area (Å²) in [5.74, 6) is 2.05. The van der Waals surface area contributed by atoms with Crippen molar-refractivity contribution < 1.29 is 23.5 Å². The van der Waals surface area contributed by atoms with Gasteiger partial charge in [-0.2, -0.15) is 5.10 Å². The molecule has 0 bridgehead atoms. The second kappa shape index (κ2) is 11.0. The Morgan fingerprint density at radius 1 is 0.868 bits per heavy atom. The van der Waals surface area contributed by atoms with Gasteiger partial charge in [0.15, 0.2) is 5.76 Å². The Bertz CT molecular complexity index is 1490. The van der Waals surface area contributed by atoms with Crippen LogP contribution in [0.2, 0.25) is 0 Å². The quantitative estimate of drug-likeness (QED) is 0.293. The lowest BCUT2D eigenvalue weighted by Gasteiger charge is -2.14. The number of aryl methyl sites for hydroxylation is 1. The van der Waals surface area contributed by atoms with Crippen molar-refractivity contribution >= 4 is 23.2 Å². The summed E-state index contributed by atoms with van der Waals surface area (Å²) in [6.07, 6.45) is 2.14. The van der Waals surface area contributed by atoms with E-state index in [1.165, 1.54) is 7.11 Å². The van der Waals surface area contributed by atoms with Crippen LogP contribution < -0.4 is 20.2 Å². The molecular formula is C30H27N3O5. The number of carbonyl (C=O) groups excluding carboxylic acids is 2. The number of fused-ring (bicyclic) bond motifs is 1. The molecular weight excluding hydrogens is 482 g/mol. The summed E-state index contributed by atoms with van der Waals surface area (Å²) >= 11 is 0. The second-order valence-corrected chi connectivity index (χ2v) is 8.80. The summed E-state index contributed by atoms with van der Waals surface area (Å²) in [5.41, 5.74) is 5.77. The van der Waals surface area contributed by atoms with E-state index in [-0.39, 0.29) is 17.6 Å². The molecule has 1 aromatic heterocycles. The van der Waals surface area contributed by atoms with Crippen molar-refractivity contribution in [1.82, 2.24) is 5.43 Å². The minimum Gasteiger partial charge on any atom is -0.496 e. The number of hydrazone groups is 1. The molecule has 2 N–H and O–H groups in total. The highest BCUT2D eigenvalue weighted by molar-refractivity contribution is 6.09. The molecule has 1 aliphatic rings. The van der Waals surface area contributed by atoms with Crippen LogP contribution in [0, 0.1) is 6.92 Å². The van der Waals surface area contributed by atoms with Gasteiger partial charge >= 0.3 is 0 Å². The molecule has 4 aromatic rings. The third kappa shape index (κ3) is 5.29. The van der Waals surface area contributed by atoms with Crippen LogP contribution in [0.15, 0.2) is 88.4 Å².